The van der Waals surface area contributed by atoms with E-state index >= 15 is 0 Å². The van der Waals surface area contributed by atoms with Gasteiger partial charge < -0.3 is 15.2 Å². The van der Waals surface area contributed by atoms with Crippen molar-refractivity contribution in [1.29, 1.82) is 0 Å². The lowest BCUT2D eigenvalue weighted by atomic mass is 10.1. The molecule has 104 valence electrons. The molecule has 0 aliphatic carbocycles. The molecule has 2 unspecified atom stereocenters. The van der Waals surface area contributed by atoms with Crippen LogP contribution in [0.3, 0.4) is 0 Å². The van der Waals surface area contributed by atoms with Gasteiger partial charge in [-0.2, -0.15) is 0 Å². The number of hydrogen-bond donors (Lipinski definition) is 2. The minimum Gasteiger partial charge on any atom is -0.479 e. The fourth-order valence-corrected chi connectivity index (χ4v) is 2.87. The number of thiophene rings is 1. The minimum atomic E-state index is -1.03. The molecule has 2 atom stereocenters. The van der Waals surface area contributed by atoms with E-state index in [9.17, 15) is 9.59 Å². The summed E-state index contributed by atoms with van der Waals surface area (Å²) < 4.78 is 5.43. The second-order valence-corrected chi connectivity index (χ2v) is 5.51. The zero-order valence-corrected chi connectivity index (χ0v) is 11.3. The molecule has 0 spiro atoms. The summed E-state index contributed by atoms with van der Waals surface area (Å²) in [6.07, 6.45) is 3.14. The molecule has 1 aromatic heterocycles. The lowest BCUT2D eigenvalue weighted by Crippen LogP contribution is -2.33. The van der Waals surface area contributed by atoms with Crippen molar-refractivity contribution in [2.75, 3.05) is 6.61 Å². The van der Waals surface area contributed by atoms with E-state index in [0.29, 0.717) is 17.7 Å². The summed E-state index contributed by atoms with van der Waals surface area (Å²) in [5.41, 5.74) is 0. The molecular weight excluding hydrogens is 266 g/mol. The Balaban J connectivity index is 1.83. The smallest absolute Gasteiger partial charge is 0.331 e. The van der Waals surface area contributed by atoms with E-state index in [1.54, 1.807) is 17.5 Å². The zero-order valence-electron chi connectivity index (χ0n) is 10.5. The normalized spacial score (nSPS) is 20.1. The Hall–Kier alpha value is -1.40. The van der Waals surface area contributed by atoms with Crippen LogP contribution >= 0.6 is 11.3 Å². The van der Waals surface area contributed by atoms with Gasteiger partial charge in [-0.25, -0.2) is 4.79 Å². The quantitative estimate of drug-likeness (QED) is 0.836. The zero-order chi connectivity index (χ0) is 13.7. The molecule has 1 fully saturated rings. The van der Waals surface area contributed by atoms with Crippen molar-refractivity contribution in [3.8, 4) is 0 Å². The summed E-state index contributed by atoms with van der Waals surface area (Å²) in [6, 6.07) is 2.54. The minimum absolute atomic E-state index is 0.149. The molecule has 6 heteroatoms. The fraction of sp³-hybridized carbons (Fsp3) is 0.538. The van der Waals surface area contributed by atoms with Gasteiger partial charge in [-0.15, -0.1) is 11.3 Å². The van der Waals surface area contributed by atoms with Crippen LogP contribution in [0.2, 0.25) is 0 Å². The Morgan fingerprint density at radius 2 is 2.42 bits per heavy atom. The maximum Gasteiger partial charge on any atom is 0.331 e. The molecule has 2 heterocycles. The Morgan fingerprint density at radius 3 is 3.00 bits per heavy atom. The number of nitrogens with one attached hydrogen (secondary N) is 1. The number of carboxylic acids is 1. The highest BCUT2D eigenvalue weighted by Crippen LogP contribution is 2.20. The summed E-state index contributed by atoms with van der Waals surface area (Å²) in [5, 5.41) is 13.5. The second-order valence-electron chi connectivity index (χ2n) is 4.53. The molecule has 0 saturated carbocycles. The highest BCUT2D eigenvalue weighted by molar-refractivity contribution is 7.10. The third kappa shape index (κ3) is 4.04. The molecular formula is C13H17NO4S. The summed E-state index contributed by atoms with van der Waals surface area (Å²) >= 11 is 1.32. The Labute approximate surface area is 115 Å². The van der Waals surface area contributed by atoms with Crippen LogP contribution in [0.1, 0.15) is 36.6 Å². The average molecular weight is 283 g/mol. The maximum absolute atomic E-state index is 11.8. The molecule has 1 aromatic rings. The van der Waals surface area contributed by atoms with Gasteiger partial charge in [-0.1, -0.05) is 6.07 Å². The van der Waals surface area contributed by atoms with Gasteiger partial charge in [-0.3, -0.25) is 4.79 Å². The lowest BCUT2D eigenvalue weighted by Gasteiger charge is -2.14. The highest BCUT2D eigenvalue weighted by atomic mass is 32.1. The van der Waals surface area contributed by atoms with Gasteiger partial charge in [0.2, 0.25) is 5.91 Å². The van der Waals surface area contributed by atoms with E-state index in [-0.39, 0.29) is 12.0 Å². The predicted molar refractivity (Wildman–Crippen MR) is 71.0 cm³/mol. The van der Waals surface area contributed by atoms with Crippen LogP contribution in [-0.2, 0) is 14.3 Å². The highest BCUT2D eigenvalue weighted by Gasteiger charge is 2.24. The van der Waals surface area contributed by atoms with E-state index in [4.69, 9.17) is 9.84 Å². The SMILES string of the molecule is O=C(CCC1CCCO1)NC(C(=O)O)c1cccs1. The van der Waals surface area contributed by atoms with Crippen molar-refractivity contribution < 1.29 is 19.4 Å². The van der Waals surface area contributed by atoms with Crippen LogP contribution in [-0.4, -0.2) is 29.7 Å². The number of carbonyl (C=O) groups is 2. The Bertz CT molecular complexity index is 426. The second kappa shape index (κ2) is 6.68. The number of carboxylic acid groups (broad SMARTS) is 1. The van der Waals surface area contributed by atoms with Gasteiger partial charge in [0.25, 0.3) is 0 Å². The molecule has 0 radical (unpaired) electrons. The van der Waals surface area contributed by atoms with E-state index < -0.39 is 12.0 Å². The van der Waals surface area contributed by atoms with E-state index in [1.165, 1.54) is 11.3 Å². The van der Waals surface area contributed by atoms with Gasteiger partial charge in [-0.05, 0) is 30.7 Å². The van der Waals surface area contributed by atoms with Crippen molar-refractivity contribution >= 4 is 23.2 Å². The molecule has 5 nitrogen and oxygen atoms in total. The van der Waals surface area contributed by atoms with E-state index in [0.717, 1.165) is 19.4 Å². The van der Waals surface area contributed by atoms with Crippen LogP contribution in [0.5, 0.6) is 0 Å². The molecule has 0 aromatic carbocycles. The first-order chi connectivity index (χ1) is 9.16. The largest absolute Gasteiger partial charge is 0.479 e. The summed E-state index contributed by atoms with van der Waals surface area (Å²) in [7, 11) is 0. The predicted octanol–water partition coefficient (Wildman–Crippen LogP) is 1.95. The van der Waals surface area contributed by atoms with Crippen LogP contribution in [0.4, 0.5) is 0 Å². The molecule has 2 rings (SSSR count). The lowest BCUT2D eigenvalue weighted by molar-refractivity contribution is -0.142. The number of hydrogen-bond acceptors (Lipinski definition) is 4. The topological polar surface area (TPSA) is 75.6 Å². The van der Waals surface area contributed by atoms with E-state index in [2.05, 4.69) is 5.32 Å². The van der Waals surface area contributed by atoms with Gasteiger partial charge in [0.05, 0.1) is 6.10 Å². The monoisotopic (exact) mass is 283 g/mol. The third-order valence-corrected chi connectivity index (χ3v) is 4.03. The Kier molecular flexibility index (Phi) is 4.93. The number of rotatable bonds is 6. The summed E-state index contributed by atoms with van der Waals surface area (Å²) in [5.74, 6) is -1.27. The van der Waals surface area contributed by atoms with Crippen LogP contribution in [0.15, 0.2) is 17.5 Å². The van der Waals surface area contributed by atoms with Gasteiger partial charge in [0, 0.05) is 17.9 Å². The molecule has 19 heavy (non-hydrogen) atoms. The Morgan fingerprint density at radius 1 is 1.58 bits per heavy atom. The molecule has 0 bridgehead atoms. The molecule has 2 N–H and O–H groups in total. The van der Waals surface area contributed by atoms with Gasteiger partial charge in [0.15, 0.2) is 6.04 Å². The van der Waals surface area contributed by atoms with E-state index in [1.807, 2.05) is 0 Å². The van der Waals surface area contributed by atoms with Crippen LogP contribution < -0.4 is 5.32 Å². The van der Waals surface area contributed by atoms with Crippen molar-refractivity contribution in [3.05, 3.63) is 22.4 Å². The summed E-state index contributed by atoms with van der Waals surface area (Å²) in [4.78, 5) is 23.6. The standard InChI is InChI=1S/C13H17NO4S/c15-11(6-5-9-3-1-7-18-9)14-12(13(16)17)10-4-2-8-19-10/h2,4,8-9,12H,1,3,5-7H2,(H,14,15)(H,16,17). The fourth-order valence-electron chi connectivity index (χ4n) is 2.11. The van der Waals surface area contributed by atoms with Crippen molar-refractivity contribution in [2.45, 2.75) is 37.8 Å². The number of amides is 1. The van der Waals surface area contributed by atoms with Crippen LogP contribution in [0.25, 0.3) is 0 Å². The van der Waals surface area contributed by atoms with Crippen molar-refractivity contribution in [2.24, 2.45) is 0 Å². The van der Waals surface area contributed by atoms with Gasteiger partial charge >= 0.3 is 5.97 Å². The van der Waals surface area contributed by atoms with Gasteiger partial charge in [0.1, 0.15) is 0 Å². The first kappa shape index (κ1) is 14.0. The number of ether oxygens (including phenoxy) is 1. The number of carbonyl (C=O) groups excluding carboxylic acids is 1. The number of aliphatic carboxylic acids is 1. The molecule has 1 saturated heterocycles. The first-order valence-corrected chi connectivity index (χ1v) is 7.22. The summed E-state index contributed by atoms with van der Waals surface area (Å²) in [6.45, 7) is 0.763. The average Bonchev–Trinajstić information content (AvgIpc) is 3.05. The molecule has 1 amide bonds. The molecule has 1 aliphatic rings. The first-order valence-electron chi connectivity index (χ1n) is 6.34. The van der Waals surface area contributed by atoms with Crippen LogP contribution in [0, 0.1) is 0 Å². The maximum atomic E-state index is 11.8. The van der Waals surface area contributed by atoms with Crippen molar-refractivity contribution in [1.82, 2.24) is 5.32 Å². The third-order valence-electron chi connectivity index (χ3n) is 3.10. The van der Waals surface area contributed by atoms with Crippen molar-refractivity contribution in [3.63, 3.8) is 0 Å². The molecule has 1 aliphatic heterocycles.